The van der Waals surface area contributed by atoms with Crippen LogP contribution in [-0.2, 0) is 125 Å². The number of hydrogen-bond acceptors (Lipinski definition) is 22. The van der Waals surface area contributed by atoms with Crippen LogP contribution in [0.15, 0.2) is 152 Å². The van der Waals surface area contributed by atoms with E-state index in [1.807, 2.05) is 0 Å². The van der Waals surface area contributed by atoms with Crippen molar-refractivity contribution < 1.29 is 119 Å². The molecule has 0 aliphatic carbocycles. The van der Waals surface area contributed by atoms with Gasteiger partial charge in [0.25, 0.3) is 0 Å². The molecule has 746 valence electrons. The van der Waals surface area contributed by atoms with E-state index >= 15 is 56.7 Å². The minimum absolute atomic E-state index is 0.137. The number of nitrogens with one attached hydrogen (secondary N) is 10. The first-order valence-electron chi connectivity index (χ1n) is 45.5. The summed E-state index contributed by atoms with van der Waals surface area (Å²) in [6.07, 6.45) is -3.76. The lowest BCUT2D eigenvalue weighted by molar-refractivity contribution is -0.152. The number of carboxylic acids is 1. The molecule has 4 heterocycles. The summed E-state index contributed by atoms with van der Waals surface area (Å²) < 4.78 is 61.9. The van der Waals surface area contributed by atoms with E-state index < -0.39 is 253 Å². The number of aliphatic hydroxyl groups is 1. The number of ether oxygens (including phenoxy) is 3. The molecule has 3 fully saturated rings. The average Bonchev–Trinajstić information content (AvgIpc) is 1.78. The predicted octanol–water partition coefficient (Wildman–Crippen LogP) is 1.31. The second-order valence-electron chi connectivity index (χ2n) is 34.8. The monoisotopic (exact) mass is 1950 g/mol. The van der Waals surface area contributed by atoms with Crippen molar-refractivity contribution >= 4 is 117 Å². The van der Waals surface area contributed by atoms with Gasteiger partial charge in [-0.25, -0.2) is 13.2 Å². The Hall–Kier alpha value is -14.0. The maximum atomic E-state index is 16.0. The van der Waals surface area contributed by atoms with Crippen molar-refractivity contribution in [3.8, 4) is 11.5 Å². The molecule has 0 unspecified atom stereocenters. The molecule has 3 aliphatic rings. The predicted molar refractivity (Wildman–Crippen MR) is 501 cm³/mol. The van der Waals surface area contributed by atoms with Crippen molar-refractivity contribution in [1.82, 2.24) is 77.3 Å². The number of aliphatic hydroxyl groups excluding tert-OH is 1. The molecule has 38 nitrogen and oxygen atoms in total. The lowest BCUT2D eigenvalue weighted by atomic mass is 9.98. The zero-order valence-electron chi connectivity index (χ0n) is 78.2. The molecule has 15 N–H and O–H groups in total. The Labute approximate surface area is 804 Å². The number of amides is 15. The normalized spacial score (nSPS) is 23.6. The molecule has 3 aliphatic heterocycles. The second kappa shape index (κ2) is 50.9. The molecule has 3 saturated heterocycles. The summed E-state index contributed by atoms with van der Waals surface area (Å²) in [5.74, 6) is -24.3. The first-order valence-corrected chi connectivity index (χ1v) is 46.6. The van der Waals surface area contributed by atoms with Gasteiger partial charge in [0.05, 0.1) is 45.1 Å². The Morgan fingerprint density at radius 2 is 1.09 bits per heavy atom. The van der Waals surface area contributed by atoms with Crippen LogP contribution < -0.4 is 58.3 Å². The summed E-state index contributed by atoms with van der Waals surface area (Å²) in [5.41, 5.74) is 7.82. The number of primary amides is 1. The first-order chi connectivity index (χ1) is 66.3. The van der Waals surface area contributed by atoms with Gasteiger partial charge >= 0.3 is 5.97 Å². The number of unbranched alkanes of at least 4 members (excludes halogenated alkanes) is 1. The van der Waals surface area contributed by atoms with E-state index in [-0.39, 0.29) is 82.4 Å². The zero-order valence-corrected chi connectivity index (χ0v) is 79.0. The Morgan fingerprint density at radius 3 is 1.71 bits per heavy atom. The van der Waals surface area contributed by atoms with E-state index in [4.69, 9.17) is 19.9 Å². The van der Waals surface area contributed by atoms with E-state index in [0.29, 0.717) is 74.8 Å². The number of thioether (sulfide) groups is 1. The van der Waals surface area contributed by atoms with Gasteiger partial charge in [-0.3, -0.25) is 76.7 Å². The quantitative estimate of drug-likeness (QED) is 0.0359. The molecule has 6 aromatic carbocycles. The van der Waals surface area contributed by atoms with Crippen molar-refractivity contribution in [3.05, 3.63) is 203 Å². The minimum atomic E-state index is -2.04. The number of fused-ring (bicyclic) bond motifs is 3. The molecule has 0 spiro atoms. The lowest BCUT2D eigenvalue weighted by Gasteiger charge is -2.38. The SMILES string of the molecule is CCCC[C@H]1C(=O)N2C[C@H](O)C[C@@H]2C(=O)N[C@@H](CC(=O)O)C(=O)N[C@@H](C(C)C)C(=O)N(C)[C@@H](Cc2ccccc2)C(=O)N[C@@H](Cc2ccc(OC)cc2)C(=O)N2CCOC[C@@H]2C(=O)N[C@H](Cc2c[nH]c3ccccc23)C(=O)N[C@@H](Cc2ccc(O)cc2)C(=O)N[C@@H](CCOC)C(=O)N[C@H](C(=O)NCC(N)=O)CSCC(=O)N[C@@H](Cc2cc(F)c(F)c(F)c2)C(=O)N(C)[C@@H](Cc2ccccc2)C(=O)N1C. The molecular weight excluding hydrogens is 1830 g/mol. The molecule has 42 heteroatoms. The van der Waals surface area contributed by atoms with Gasteiger partial charge in [-0.1, -0.05) is 137 Å². The average molecular weight is 1950 g/mol. The number of phenols is 1. The number of rotatable bonds is 25. The summed E-state index contributed by atoms with van der Waals surface area (Å²) >= 11 is 0.639. The molecule has 15 amide bonds. The molecule has 0 saturated carbocycles. The van der Waals surface area contributed by atoms with Crippen molar-refractivity contribution in [1.29, 1.82) is 0 Å². The third-order valence-corrected chi connectivity index (χ3v) is 25.5. The smallest absolute Gasteiger partial charge is 0.305 e. The number of halogens is 3. The highest BCUT2D eigenvalue weighted by Gasteiger charge is 2.48. The van der Waals surface area contributed by atoms with Crippen molar-refractivity contribution in [2.75, 3.05) is 86.3 Å². The summed E-state index contributed by atoms with van der Waals surface area (Å²) in [6.45, 7) is 2.25. The number of H-pyrrole nitrogens is 1. The fraction of sp³-hybridized carbons (Fsp3) is 0.443. The van der Waals surface area contributed by atoms with Crippen LogP contribution in [0.1, 0.15) is 92.7 Å². The molecule has 10 rings (SSSR count). The van der Waals surface area contributed by atoms with Gasteiger partial charge in [0.2, 0.25) is 88.6 Å². The van der Waals surface area contributed by atoms with Crippen molar-refractivity contribution in [2.24, 2.45) is 11.7 Å². The summed E-state index contributed by atoms with van der Waals surface area (Å²) in [6, 6.07) is 14.5. The number of aromatic amines is 1. The van der Waals surface area contributed by atoms with Gasteiger partial charge in [-0.15, -0.1) is 11.8 Å². The molecular formula is C97H119F3N16O22S. The van der Waals surface area contributed by atoms with Gasteiger partial charge in [-0.2, -0.15) is 0 Å². The number of para-hydroxylation sites is 1. The number of nitrogens with two attached hydrogens (primary N) is 1. The summed E-state index contributed by atoms with van der Waals surface area (Å²) in [5, 5.41) is 56.4. The topological polar surface area (TPSA) is 528 Å². The van der Waals surface area contributed by atoms with Crippen LogP contribution in [0.5, 0.6) is 11.5 Å². The maximum absolute atomic E-state index is 16.0. The number of carbonyl (C=O) groups is 16. The van der Waals surface area contributed by atoms with E-state index in [9.17, 15) is 48.5 Å². The Balaban J connectivity index is 1.07. The standard InChI is InChI=1S/C97H119F3N16O22S/c1-9-10-25-75-96(134)116-50-62(118)46-77(116)91(129)108-71(47-82(121)122)89(127)111-84(54(2)3)97(135)113(5)76(43-55-19-13-11-14-20-55)90(128)109-73(41-58-28-32-63(137-8)33-29-58)94(132)115-35-37-138-51-79(115)92(130)107-70(45-60-48-102-67-24-18-17-23-64(60)67)88(126)106-69(40-57-26-30-61(117)31-27-57)87(125)105-68(34-36-136-7)86(124)110-74(85(123)103-49-80(101)119)52-139-53-81(120)104-72(42-59-38-65(98)83(100)66(99)39-59)93(131)114(6)78(95(133)112(75)4)44-56-21-15-12-16-22-56/h11-24,26-33,38-39,48,54,62,68-79,84,102,117-118H,9-10,25,34-37,40-47,49-53H2,1-8H3,(H2,101,119)(H,103,123)(H,104,120)(H,105,125)(H,106,126)(H,107,130)(H,108,129)(H,109,128)(H,110,124)(H,111,127)(H,121,122)/t62-,68+,69+,70-,71+,72+,73+,74+,75+,76+,77-,78+,79-,84+/m1/s1. The van der Waals surface area contributed by atoms with Crippen LogP contribution in [0.25, 0.3) is 10.9 Å². The number of nitrogens with zero attached hydrogens (tertiary/aromatic N) is 5. The number of benzene rings is 6. The fourth-order valence-corrected chi connectivity index (χ4v) is 17.6. The van der Waals surface area contributed by atoms with Crippen LogP contribution in [0.2, 0.25) is 0 Å². The zero-order chi connectivity index (χ0) is 101. The van der Waals surface area contributed by atoms with Gasteiger partial charge in [-0.05, 0) is 94.6 Å². The molecule has 14 atom stereocenters. The summed E-state index contributed by atoms with van der Waals surface area (Å²) in [4.78, 5) is 248. The third kappa shape index (κ3) is 29.5. The molecule has 0 radical (unpaired) electrons. The molecule has 7 aromatic rings. The highest BCUT2D eigenvalue weighted by atomic mass is 32.2. The number of carboxylic acid groups (broad SMARTS) is 1. The Kier molecular flexibility index (Phi) is 39.2. The van der Waals surface area contributed by atoms with Gasteiger partial charge in [0.15, 0.2) is 17.5 Å². The van der Waals surface area contributed by atoms with Crippen LogP contribution in [0, 0.1) is 23.4 Å². The van der Waals surface area contributed by atoms with Crippen LogP contribution in [0.4, 0.5) is 13.2 Å². The van der Waals surface area contributed by atoms with E-state index in [1.165, 1.54) is 66.4 Å². The van der Waals surface area contributed by atoms with Crippen molar-refractivity contribution in [3.63, 3.8) is 0 Å². The number of hydrogen-bond donors (Lipinski definition) is 14. The van der Waals surface area contributed by atoms with E-state index in [1.54, 1.807) is 122 Å². The van der Waals surface area contributed by atoms with Gasteiger partial charge < -0.3 is 113 Å². The number of aromatic nitrogens is 1. The van der Waals surface area contributed by atoms with Crippen LogP contribution in [0.3, 0.4) is 0 Å². The molecule has 139 heavy (non-hydrogen) atoms. The fourth-order valence-electron chi connectivity index (χ4n) is 16.7. The first kappa shape index (κ1) is 107. The Morgan fingerprint density at radius 1 is 0.554 bits per heavy atom. The largest absolute Gasteiger partial charge is 0.508 e. The highest BCUT2D eigenvalue weighted by Crippen LogP contribution is 2.29. The number of carbonyl (C=O) groups excluding carboxylic acids is 15. The number of phenolic OH excluding ortho intramolecular Hbond substituents is 1. The third-order valence-electron chi connectivity index (χ3n) is 24.4. The van der Waals surface area contributed by atoms with Gasteiger partial charge in [0.1, 0.15) is 90.0 Å². The van der Waals surface area contributed by atoms with Crippen LogP contribution >= 0.6 is 11.8 Å². The number of aliphatic carboxylic acids is 1. The van der Waals surface area contributed by atoms with Crippen molar-refractivity contribution in [2.45, 2.75) is 182 Å². The Bertz CT molecular complexity index is 5510. The molecule has 0 bridgehead atoms. The van der Waals surface area contributed by atoms with Gasteiger partial charge in [0, 0.05) is 116 Å². The maximum Gasteiger partial charge on any atom is 0.305 e. The highest BCUT2D eigenvalue weighted by molar-refractivity contribution is 8.00. The minimum Gasteiger partial charge on any atom is -0.508 e. The molecule has 1 aromatic heterocycles. The number of methoxy groups -OCH3 is 2. The number of aromatic hydroxyl groups is 1. The number of likely N-dealkylation sites (N-methyl/N-ethyl adjacent to an activating group) is 3. The van der Waals surface area contributed by atoms with E-state index in [0.717, 1.165) is 31.5 Å². The van der Waals surface area contributed by atoms with E-state index in [2.05, 4.69) is 52.8 Å². The second-order valence-corrected chi connectivity index (χ2v) is 35.8. The van der Waals surface area contributed by atoms with Crippen LogP contribution in [-0.4, -0.2) is 310 Å². The lowest BCUT2D eigenvalue weighted by Crippen LogP contribution is -2.64. The summed E-state index contributed by atoms with van der Waals surface area (Å²) in [7, 11) is 6.37. The number of morpholine rings is 1.